The van der Waals surface area contributed by atoms with Crippen LogP contribution in [-0.4, -0.2) is 0 Å². The molecular weight excluding hydrogens is 695 g/mol. The molecular formula is C54H41NS. The van der Waals surface area contributed by atoms with Gasteiger partial charge in [-0.3, -0.25) is 0 Å². The number of fused-ring (bicyclic) bond motifs is 9. The topological polar surface area (TPSA) is 3.24 Å². The Bertz CT molecular complexity index is 3050. The number of benzene rings is 8. The average Bonchev–Trinajstić information content (AvgIpc) is 3.81. The summed E-state index contributed by atoms with van der Waals surface area (Å²) in [6.45, 7) is 9.45. The number of hydrogen-bond acceptors (Lipinski definition) is 2. The average molecular weight is 736 g/mol. The van der Waals surface area contributed by atoms with E-state index in [1.807, 2.05) is 11.3 Å². The van der Waals surface area contributed by atoms with E-state index in [0.717, 1.165) is 11.4 Å². The van der Waals surface area contributed by atoms with Crippen LogP contribution in [0.5, 0.6) is 0 Å². The van der Waals surface area contributed by atoms with Crippen molar-refractivity contribution in [2.24, 2.45) is 0 Å². The zero-order chi connectivity index (χ0) is 37.8. The Hall–Kier alpha value is -6.22. The highest BCUT2D eigenvalue weighted by Crippen LogP contribution is 2.56. The summed E-state index contributed by atoms with van der Waals surface area (Å²) in [5.74, 6) is 0. The first kappa shape index (κ1) is 33.1. The van der Waals surface area contributed by atoms with Crippen LogP contribution in [0.4, 0.5) is 17.1 Å². The second kappa shape index (κ2) is 12.1. The van der Waals surface area contributed by atoms with Crippen molar-refractivity contribution >= 4 is 48.6 Å². The lowest BCUT2D eigenvalue weighted by Crippen LogP contribution is -2.16. The second-order valence-electron chi connectivity index (χ2n) is 16.5. The van der Waals surface area contributed by atoms with Gasteiger partial charge in [0.15, 0.2) is 0 Å². The van der Waals surface area contributed by atoms with Gasteiger partial charge in [0.25, 0.3) is 0 Å². The van der Waals surface area contributed by atoms with E-state index in [1.165, 1.54) is 92.6 Å². The summed E-state index contributed by atoms with van der Waals surface area (Å²) in [7, 11) is 0. The summed E-state index contributed by atoms with van der Waals surface area (Å²) in [6, 6.07) is 65.9. The molecule has 9 aromatic rings. The van der Waals surface area contributed by atoms with Crippen molar-refractivity contribution in [3.05, 3.63) is 198 Å². The minimum absolute atomic E-state index is 0.0416. The number of rotatable bonds is 5. The zero-order valence-electron chi connectivity index (χ0n) is 32.1. The molecule has 0 radical (unpaired) electrons. The molecule has 0 amide bonds. The van der Waals surface area contributed by atoms with E-state index in [4.69, 9.17) is 0 Å². The molecule has 0 unspecified atom stereocenters. The van der Waals surface area contributed by atoms with Gasteiger partial charge in [0.05, 0.1) is 11.4 Å². The normalized spacial score (nSPS) is 14.4. The van der Waals surface area contributed by atoms with Gasteiger partial charge >= 0.3 is 0 Å². The van der Waals surface area contributed by atoms with Crippen molar-refractivity contribution in [3.63, 3.8) is 0 Å². The quantitative estimate of drug-likeness (QED) is 0.170. The van der Waals surface area contributed by atoms with E-state index in [1.54, 1.807) is 0 Å². The van der Waals surface area contributed by atoms with Crippen LogP contribution >= 0.6 is 11.3 Å². The van der Waals surface area contributed by atoms with E-state index in [-0.39, 0.29) is 10.8 Å². The van der Waals surface area contributed by atoms with Crippen molar-refractivity contribution in [2.75, 3.05) is 4.90 Å². The molecule has 2 heteroatoms. The molecule has 2 aliphatic carbocycles. The van der Waals surface area contributed by atoms with Gasteiger partial charge in [0, 0.05) is 47.8 Å². The third-order valence-electron chi connectivity index (χ3n) is 12.7. The number of thiophene rings is 1. The molecule has 1 heterocycles. The van der Waals surface area contributed by atoms with Crippen LogP contribution in [0.25, 0.3) is 64.7 Å². The molecule has 0 atom stereocenters. The highest BCUT2D eigenvalue weighted by molar-refractivity contribution is 7.25. The Balaban J connectivity index is 1.13. The van der Waals surface area contributed by atoms with Crippen LogP contribution in [0.2, 0.25) is 0 Å². The summed E-state index contributed by atoms with van der Waals surface area (Å²) < 4.78 is 2.65. The maximum atomic E-state index is 2.53. The smallest absolute Gasteiger partial charge is 0.0543 e. The van der Waals surface area contributed by atoms with E-state index in [0.29, 0.717) is 0 Å². The Morgan fingerprint density at radius 3 is 1.82 bits per heavy atom. The van der Waals surface area contributed by atoms with Crippen LogP contribution in [0.15, 0.2) is 176 Å². The fourth-order valence-electron chi connectivity index (χ4n) is 9.86. The van der Waals surface area contributed by atoms with Gasteiger partial charge in [-0.1, -0.05) is 161 Å². The summed E-state index contributed by atoms with van der Waals surface area (Å²) in [5.41, 5.74) is 19.0. The Morgan fingerprint density at radius 2 is 0.964 bits per heavy atom. The minimum Gasteiger partial charge on any atom is -0.309 e. The van der Waals surface area contributed by atoms with Crippen LogP contribution in [0.3, 0.4) is 0 Å². The third kappa shape index (κ3) is 4.79. The van der Waals surface area contributed by atoms with Gasteiger partial charge in [-0.25, -0.2) is 0 Å². The first-order valence-corrected chi connectivity index (χ1v) is 20.5. The number of anilines is 3. The standard InChI is InChI=1S/C54H41NS/c1-53(2)44-21-9-5-18-39(44)43-32-36(28-30-46(43)53)38-17-7-11-24-48(38)55(49-25-14-23-47-52(49)42-20-6-10-22-45(42)54(47,3)4)37-16-13-15-34(31-37)35-27-29-41-40-19-8-12-26-50(40)56-51(41)33-35/h5-33H,1-4H3. The fourth-order valence-corrected chi connectivity index (χ4v) is 11.0. The molecule has 0 saturated heterocycles. The summed E-state index contributed by atoms with van der Waals surface area (Å²) in [6.07, 6.45) is 0. The molecule has 8 aromatic carbocycles. The van der Waals surface area contributed by atoms with Crippen molar-refractivity contribution in [1.82, 2.24) is 0 Å². The number of nitrogens with zero attached hydrogens (tertiary/aromatic N) is 1. The molecule has 56 heavy (non-hydrogen) atoms. The monoisotopic (exact) mass is 735 g/mol. The molecule has 11 rings (SSSR count). The van der Waals surface area contributed by atoms with E-state index in [2.05, 4.69) is 209 Å². The van der Waals surface area contributed by atoms with Crippen LogP contribution in [0, 0.1) is 0 Å². The SMILES string of the molecule is CC1(C)c2ccccc2-c2cc(-c3ccccc3N(c3cccc(-c4ccc5c(c4)sc4ccccc45)c3)c3cccc4c3-c3ccccc3C4(C)C)ccc21. The summed E-state index contributed by atoms with van der Waals surface area (Å²) >= 11 is 1.87. The van der Waals surface area contributed by atoms with Crippen LogP contribution in [-0.2, 0) is 10.8 Å². The predicted octanol–water partition coefficient (Wildman–Crippen LogP) is 15.5. The molecule has 2 aliphatic rings. The largest absolute Gasteiger partial charge is 0.309 e. The highest BCUT2D eigenvalue weighted by atomic mass is 32.1. The maximum Gasteiger partial charge on any atom is 0.0543 e. The molecule has 0 N–H and O–H groups in total. The lowest BCUT2D eigenvalue weighted by atomic mass is 9.82. The molecule has 1 aromatic heterocycles. The van der Waals surface area contributed by atoms with Gasteiger partial charge in [0.1, 0.15) is 0 Å². The number of hydrogen-bond donors (Lipinski definition) is 0. The molecule has 0 spiro atoms. The van der Waals surface area contributed by atoms with E-state index in [9.17, 15) is 0 Å². The predicted molar refractivity (Wildman–Crippen MR) is 240 cm³/mol. The van der Waals surface area contributed by atoms with Gasteiger partial charge in [-0.15, -0.1) is 11.3 Å². The van der Waals surface area contributed by atoms with E-state index >= 15 is 0 Å². The molecule has 0 fully saturated rings. The summed E-state index contributed by atoms with van der Waals surface area (Å²) in [5, 5.41) is 2.65. The first-order chi connectivity index (χ1) is 27.3. The van der Waals surface area contributed by atoms with Gasteiger partial charge in [-0.2, -0.15) is 0 Å². The molecule has 268 valence electrons. The third-order valence-corrected chi connectivity index (χ3v) is 13.8. The van der Waals surface area contributed by atoms with Gasteiger partial charge in [-0.05, 0) is 98.1 Å². The van der Waals surface area contributed by atoms with Crippen molar-refractivity contribution in [2.45, 2.75) is 38.5 Å². The molecule has 0 bridgehead atoms. The van der Waals surface area contributed by atoms with Crippen molar-refractivity contribution < 1.29 is 0 Å². The van der Waals surface area contributed by atoms with Crippen LogP contribution < -0.4 is 4.90 Å². The molecule has 0 aliphatic heterocycles. The highest BCUT2D eigenvalue weighted by Gasteiger charge is 2.38. The Morgan fingerprint density at radius 1 is 0.375 bits per heavy atom. The van der Waals surface area contributed by atoms with E-state index < -0.39 is 0 Å². The van der Waals surface area contributed by atoms with Crippen molar-refractivity contribution in [3.8, 4) is 44.5 Å². The molecule has 1 nitrogen and oxygen atoms in total. The minimum atomic E-state index is -0.116. The fraction of sp³-hybridized carbons (Fsp3) is 0.111. The first-order valence-electron chi connectivity index (χ1n) is 19.7. The van der Waals surface area contributed by atoms with Crippen LogP contribution in [0.1, 0.15) is 49.9 Å². The summed E-state index contributed by atoms with van der Waals surface area (Å²) in [4.78, 5) is 2.53. The Labute approximate surface area is 333 Å². The Kier molecular flexibility index (Phi) is 7.18. The zero-order valence-corrected chi connectivity index (χ0v) is 32.9. The lowest BCUT2D eigenvalue weighted by Gasteiger charge is -2.31. The second-order valence-corrected chi connectivity index (χ2v) is 17.6. The van der Waals surface area contributed by atoms with Crippen molar-refractivity contribution in [1.29, 1.82) is 0 Å². The van der Waals surface area contributed by atoms with Gasteiger partial charge < -0.3 is 4.90 Å². The van der Waals surface area contributed by atoms with Gasteiger partial charge in [0.2, 0.25) is 0 Å². The molecule has 0 saturated carbocycles. The maximum absolute atomic E-state index is 2.53. The lowest BCUT2D eigenvalue weighted by molar-refractivity contribution is 0.660. The number of para-hydroxylation sites is 1.